The first-order valence-corrected chi connectivity index (χ1v) is 8.71. The number of nitrogens with one attached hydrogen (secondary N) is 1. The summed E-state index contributed by atoms with van der Waals surface area (Å²) in [6, 6.07) is 7.51. The molecule has 0 fully saturated rings. The molecular formula is C16H17ClF2N2O2S. The smallest absolute Gasteiger partial charge is 0.241 e. The van der Waals surface area contributed by atoms with Crippen molar-refractivity contribution in [1.82, 2.24) is 4.72 Å². The summed E-state index contributed by atoms with van der Waals surface area (Å²) in [5, 5.41) is 0. The number of fused-ring (bicyclic) bond motifs is 1. The molecule has 1 atom stereocenters. The predicted octanol–water partition coefficient (Wildman–Crippen LogP) is 3.32. The van der Waals surface area contributed by atoms with Crippen molar-refractivity contribution < 1.29 is 17.2 Å². The normalized spacial score (nSPS) is 17.0. The fourth-order valence-electron chi connectivity index (χ4n) is 2.86. The molecular weight excluding hydrogens is 358 g/mol. The van der Waals surface area contributed by atoms with Crippen LogP contribution >= 0.6 is 12.4 Å². The number of halogens is 3. The number of sulfonamides is 1. The molecule has 4 nitrogen and oxygen atoms in total. The van der Waals surface area contributed by atoms with Crippen LogP contribution in [0.5, 0.6) is 0 Å². The van der Waals surface area contributed by atoms with Gasteiger partial charge in [0.05, 0.1) is 4.90 Å². The van der Waals surface area contributed by atoms with Crippen LogP contribution in [0.2, 0.25) is 0 Å². The van der Waals surface area contributed by atoms with Crippen molar-refractivity contribution in [1.29, 1.82) is 0 Å². The molecule has 130 valence electrons. The van der Waals surface area contributed by atoms with E-state index in [-0.39, 0.29) is 17.3 Å². The maximum absolute atomic E-state index is 13.3. The number of nitrogens with two attached hydrogens (primary N) is 1. The quantitative estimate of drug-likeness (QED) is 0.809. The van der Waals surface area contributed by atoms with Gasteiger partial charge in [0.1, 0.15) is 0 Å². The molecule has 1 unspecified atom stereocenters. The molecule has 0 amide bonds. The molecule has 0 aliphatic heterocycles. The molecule has 8 heteroatoms. The van der Waals surface area contributed by atoms with Crippen LogP contribution < -0.4 is 10.5 Å². The Morgan fingerprint density at radius 2 is 1.83 bits per heavy atom. The van der Waals surface area contributed by atoms with Crippen LogP contribution in [0.1, 0.15) is 30.0 Å². The third-order valence-corrected chi connectivity index (χ3v) is 5.45. The van der Waals surface area contributed by atoms with Gasteiger partial charge in [-0.25, -0.2) is 21.9 Å². The Morgan fingerprint density at radius 3 is 2.54 bits per heavy atom. The van der Waals surface area contributed by atoms with Crippen LogP contribution in [-0.2, 0) is 16.4 Å². The lowest BCUT2D eigenvalue weighted by atomic mass is 9.88. The van der Waals surface area contributed by atoms with Gasteiger partial charge in [-0.05, 0) is 60.7 Å². The second-order valence-electron chi connectivity index (χ2n) is 5.60. The van der Waals surface area contributed by atoms with E-state index in [9.17, 15) is 17.2 Å². The van der Waals surface area contributed by atoms with Gasteiger partial charge in [-0.15, -0.1) is 12.4 Å². The van der Waals surface area contributed by atoms with Crippen molar-refractivity contribution >= 4 is 28.1 Å². The lowest BCUT2D eigenvalue weighted by Crippen LogP contribution is -2.31. The molecule has 2 aromatic rings. The SMILES string of the molecule is Cl.Nc1ccc2c(c1)CCCC2NS(=O)(=O)c1ccc(F)c(F)c1. The molecule has 2 aromatic carbocycles. The number of hydrogen-bond donors (Lipinski definition) is 2. The Bertz CT molecular complexity index is 859. The van der Waals surface area contributed by atoms with E-state index in [1.54, 1.807) is 6.07 Å². The Kier molecular flexibility index (Phi) is 5.47. The number of hydrogen-bond acceptors (Lipinski definition) is 3. The Balaban J connectivity index is 0.00000208. The van der Waals surface area contributed by atoms with Crippen LogP contribution in [0.25, 0.3) is 0 Å². The van der Waals surface area contributed by atoms with Crippen LogP contribution in [0.4, 0.5) is 14.5 Å². The van der Waals surface area contributed by atoms with Crippen molar-refractivity contribution in [2.45, 2.75) is 30.2 Å². The van der Waals surface area contributed by atoms with Gasteiger partial charge >= 0.3 is 0 Å². The Hall–Kier alpha value is -1.70. The van der Waals surface area contributed by atoms with E-state index in [2.05, 4.69) is 4.72 Å². The topological polar surface area (TPSA) is 72.2 Å². The highest BCUT2D eigenvalue weighted by molar-refractivity contribution is 7.89. The fraction of sp³-hybridized carbons (Fsp3) is 0.250. The summed E-state index contributed by atoms with van der Waals surface area (Å²) >= 11 is 0. The summed E-state index contributed by atoms with van der Waals surface area (Å²) < 4.78 is 53.7. The molecule has 0 aromatic heterocycles. The minimum absolute atomic E-state index is 0. The van der Waals surface area contributed by atoms with Crippen LogP contribution in [-0.4, -0.2) is 8.42 Å². The first-order valence-electron chi connectivity index (χ1n) is 7.22. The summed E-state index contributed by atoms with van der Waals surface area (Å²) in [5.41, 5.74) is 8.27. The van der Waals surface area contributed by atoms with Crippen LogP contribution in [0, 0.1) is 11.6 Å². The lowest BCUT2D eigenvalue weighted by Gasteiger charge is -2.26. The van der Waals surface area contributed by atoms with E-state index < -0.39 is 27.7 Å². The zero-order chi connectivity index (χ0) is 16.6. The van der Waals surface area contributed by atoms with Crippen molar-refractivity contribution in [3.63, 3.8) is 0 Å². The van der Waals surface area contributed by atoms with Gasteiger partial charge in [-0.2, -0.15) is 0 Å². The van der Waals surface area contributed by atoms with Crippen molar-refractivity contribution in [3.05, 3.63) is 59.2 Å². The zero-order valence-corrected chi connectivity index (χ0v) is 14.3. The van der Waals surface area contributed by atoms with Crippen LogP contribution in [0.3, 0.4) is 0 Å². The highest BCUT2D eigenvalue weighted by atomic mass is 35.5. The van der Waals surface area contributed by atoms with E-state index in [0.717, 1.165) is 36.1 Å². The largest absolute Gasteiger partial charge is 0.399 e. The van der Waals surface area contributed by atoms with E-state index in [0.29, 0.717) is 18.2 Å². The lowest BCUT2D eigenvalue weighted by molar-refractivity contribution is 0.497. The fourth-order valence-corrected chi connectivity index (χ4v) is 4.12. The van der Waals surface area contributed by atoms with E-state index in [1.807, 2.05) is 12.1 Å². The monoisotopic (exact) mass is 374 g/mol. The van der Waals surface area contributed by atoms with Crippen molar-refractivity contribution in [3.8, 4) is 0 Å². The van der Waals surface area contributed by atoms with E-state index in [1.165, 1.54) is 0 Å². The molecule has 0 heterocycles. The van der Waals surface area contributed by atoms with Gasteiger partial charge < -0.3 is 5.73 Å². The molecule has 24 heavy (non-hydrogen) atoms. The molecule has 3 rings (SSSR count). The number of benzene rings is 2. The first-order chi connectivity index (χ1) is 10.9. The second-order valence-corrected chi connectivity index (χ2v) is 7.31. The molecule has 0 bridgehead atoms. The summed E-state index contributed by atoms with van der Waals surface area (Å²) in [6.45, 7) is 0. The second kappa shape index (κ2) is 7.04. The average molecular weight is 375 g/mol. The first kappa shape index (κ1) is 18.6. The molecule has 0 spiro atoms. The minimum atomic E-state index is -3.94. The summed E-state index contributed by atoms with van der Waals surface area (Å²) in [7, 11) is -3.94. The van der Waals surface area contributed by atoms with Gasteiger partial charge in [-0.3, -0.25) is 0 Å². The van der Waals surface area contributed by atoms with Gasteiger partial charge in [0, 0.05) is 11.7 Å². The van der Waals surface area contributed by atoms with E-state index >= 15 is 0 Å². The maximum atomic E-state index is 13.3. The van der Waals surface area contributed by atoms with Gasteiger partial charge in [-0.1, -0.05) is 6.07 Å². The number of rotatable bonds is 3. The van der Waals surface area contributed by atoms with Gasteiger partial charge in [0.2, 0.25) is 10.0 Å². The van der Waals surface area contributed by atoms with E-state index in [4.69, 9.17) is 5.73 Å². The third kappa shape index (κ3) is 3.68. The van der Waals surface area contributed by atoms with Crippen molar-refractivity contribution in [2.24, 2.45) is 0 Å². The summed E-state index contributed by atoms with van der Waals surface area (Å²) in [4.78, 5) is -0.293. The Labute approximate surface area is 145 Å². The molecule has 0 saturated carbocycles. The highest BCUT2D eigenvalue weighted by Gasteiger charge is 2.26. The third-order valence-electron chi connectivity index (χ3n) is 3.98. The molecule has 0 radical (unpaired) electrons. The number of aryl methyl sites for hydroxylation is 1. The highest BCUT2D eigenvalue weighted by Crippen LogP contribution is 2.32. The van der Waals surface area contributed by atoms with Crippen molar-refractivity contribution in [2.75, 3.05) is 5.73 Å². The standard InChI is InChI=1S/C16H16F2N2O2S.ClH/c17-14-7-5-12(9-15(14)18)23(21,22)20-16-3-1-2-10-8-11(19)4-6-13(10)16;/h4-9,16,20H,1-3,19H2;1H. The summed E-state index contributed by atoms with van der Waals surface area (Å²) in [6.07, 6.45) is 2.30. The molecule has 3 N–H and O–H groups in total. The maximum Gasteiger partial charge on any atom is 0.241 e. The number of nitrogen functional groups attached to an aromatic ring is 1. The van der Waals surface area contributed by atoms with Gasteiger partial charge in [0.25, 0.3) is 0 Å². The Morgan fingerprint density at radius 1 is 1.08 bits per heavy atom. The number of anilines is 1. The summed E-state index contributed by atoms with van der Waals surface area (Å²) in [5.74, 6) is -2.27. The zero-order valence-electron chi connectivity index (χ0n) is 12.6. The molecule has 1 aliphatic rings. The molecule has 0 saturated heterocycles. The minimum Gasteiger partial charge on any atom is -0.399 e. The predicted molar refractivity (Wildman–Crippen MR) is 90.5 cm³/mol. The van der Waals surface area contributed by atoms with Gasteiger partial charge in [0.15, 0.2) is 11.6 Å². The average Bonchev–Trinajstić information content (AvgIpc) is 2.49. The molecule has 1 aliphatic carbocycles. The van der Waals surface area contributed by atoms with Crippen LogP contribution in [0.15, 0.2) is 41.3 Å².